The Morgan fingerprint density at radius 2 is 1.90 bits per heavy atom. The Hall–Kier alpha value is -2.29. The molecule has 0 aliphatic rings. The first-order valence-electron chi connectivity index (χ1n) is 7.42. The van der Waals surface area contributed by atoms with Crippen LogP contribution >= 0.6 is 0 Å². The van der Waals surface area contributed by atoms with Gasteiger partial charge in [0.25, 0.3) is 0 Å². The van der Waals surface area contributed by atoms with E-state index in [0.717, 1.165) is 24.9 Å². The molecule has 2 aromatic carbocycles. The van der Waals surface area contributed by atoms with Gasteiger partial charge in [0.1, 0.15) is 0 Å². The fourth-order valence-electron chi connectivity index (χ4n) is 2.38. The van der Waals surface area contributed by atoms with E-state index in [-0.39, 0.29) is 6.04 Å². The predicted molar refractivity (Wildman–Crippen MR) is 87.3 cm³/mol. The van der Waals surface area contributed by atoms with Crippen molar-refractivity contribution >= 4 is 11.6 Å². The lowest BCUT2D eigenvalue weighted by atomic mass is 10.0. The lowest BCUT2D eigenvalue weighted by Gasteiger charge is -2.20. The number of rotatable bonds is 7. The van der Waals surface area contributed by atoms with Gasteiger partial charge in [0, 0.05) is 11.3 Å². The van der Waals surface area contributed by atoms with E-state index in [9.17, 15) is 4.79 Å². The summed E-state index contributed by atoms with van der Waals surface area (Å²) in [5.74, 6) is -0.400. The molecule has 0 fully saturated rings. The summed E-state index contributed by atoms with van der Waals surface area (Å²) in [5.41, 5.74) is 8.05. The summed E-state index contributed by atoms with van der Waals surface area (Å²) in [6.45, 7) is 2.19. The number of unbranched alkanes of at least 4 members (excludes halogenated alkanes) is 1. The fraction of sp³-hybridized carbons (Fsp3) is 0.278. The average Bonchev–Trinajstić information content (AvgIpc) is 2.52. The zero-order valence-electron chi connectivity index (χ0n) is 12.4. The number of carbonyl (C=O) groups is 1. The first-order valence-corrected chi connectivity index (χ1v) is 7.42. The Kier molecular flexibility index (Phi) is 5.38. The van der Waals surface area contributed by atoms with Crippen LogP contribution in [0.1, 0.15) is 48.1 Å². The third-order valence-corrected chi connectivity index (χ3v) is 3.54. The maximum atomic E-state index is 11.3. The highest BCUT2D eigenvalue weighted by atomic mass is 16.1. The molecule has 1 atom stereocenters. The minimum absolute atomic E-state index is 0.245. The van der Waals surface area contributed by atoms with Crippen molar-refractivity contribution < 1.29 is 4.79 Å². The Morgan fingerprint density at radius 3 is 2.57 bits per heavy atom. The van der Waals surface area contributed by atoms with Crippen LogP contribution in [0.2, 0.25) is 0 Å². The topological polar surface area (TPSA) is 55.1 Å². The molecule has 0 heterocycles. The van der Waals surface area contributed by atoms with E-state index < -0.39 is 5.91 Å². The molecule has 0 bridgehead atoms. The number of anilines is 1. The van der Waals surface area contributed by atoms with Gasteiger partial charge in [-0.1, -0.05) is 56.2 Å². The zero-order chi connectivity index (χ0) is 15.1. The molecule has 1 amide bonds. The molecule has 0 aliphatic carbocycles. The summed E-state index contributed by atoms with van der Waals surface area (Å²) in [6, 6.07) is 18.0. The fourth-order valence-corrected chi connectivity index (χ4v) is 2.38. The van der Waals surface area contributed by atoms with Crippen molar-refractivity contribution in [2.24, 2.45) is 5.73 Å². The summed E-state index contributed by atoms with van der Waals surface area (Å²) < 4.78 is 0. The molecule has 3 nitrogen and oxygen atoms in total. The van der Waals surface area contributed by atoms with Crippen LogP contribution in [0.5, 0.6) is 0 Å². The standard InChI is InChI=1S/C18H22N2O/c1-2-3-12-17(14-8-5-4-6-9-14)20-16-11-7-10-15(13-16)18(19)21/h4-11,13,17,20H,2-3,12H2,1H3,(H2,19,21). The first kappa shape index (κ1) is 15.1. The zero-order valence-corrected chi connectivity index (χ0v) is 12.4. The Bertz CT molecular complexity index is 581. The quantitative estimate of drug-likeness (QED) is 0.802. The van der Waals surface area contributed by atoms with Gasteiger partial charge < -0.3 is 11.1 Å². The Balaban J connectivity index is 2.18. The molecular weight excluding hydrogens is 260 g/mol. The van der Waals surface area contributed by atoms with E-state index in [1.54, 1.807) is 6.07 Å². The Labute approximate surface area is 126 Å². The normalized spacial score (nSPS) is 11.9. The maximum Gasteiger partial charge on any atom is 0.248 e. The van der Waals surface area contributed by atoms with Crippen molar-refractivity contribution in [1.29, 1.82) is 0 Å². The van der Waals surface area contributed by atoms with Crippen LogP contribution in [0, 0.1) is 0 Å². The molecular formula is C18H22N2O. The highest BCUT2D eigenvalue weighted by molar-refractivity contribution is 5.93. The van der Waals surface area contributed by atoms with Crippen LogP contribution < -0.4 is 11.1 Å². The van der Waals surface area contributed by atoms with Gasteiger partial charge in [-0.3, -0.25) is 4.79 Å². The largest absolute Gasteiger partial charge is 0.378 e. The molecule has 1 unspecified atom stereocenters. The van der Waals surface area contributed by atoms with Gasteiger partial charge >= 0.3 is 0 Å². The predicted octanol–water partition coefficient (Wildman–Crippen LogP) is 4.13. The number of hydrogen-bond donors (Lipinski definition) is 2. The summed E-state index contributed by atoms with van der Waals surface area (Å²) in [6.07, 6.45) is 3.37. The number of nitrogens with two attached hydrogens (primary N) is 1. The van der Waals surface area contributed by atoms with Gasteiger partial charge in [-0.15, -0.1) is 0 Å². The molecule has 0 aliphatic heterocycles. The molecule has 3 heteroatoms. The number of amides is 1. The SMILES string of the molecule is CCCCC(Nc1cccc(C(N)=O)c1)c1ccccc1. The maximum absolute atomic E-state index is 11.3. The van der Waals surface area contributed by atoms with Crippen LogP contribution in [0.25, 0.3) is 0 Å². The van der Waals surface area contributed by atoms with Crippen molar-refractivity contribution in [1.82, 2.24) is 0 Å². The lowest BCUT2D eigenvalue weighted by Crippen LogP contribution is -2.13. The van der Waals surface area contributed by atoms with Crippen molar-refractivity contribution in [2.45, 2.75) is 32.2 Å². The third-order valence-electron chi connectivity index (χ3n) is 3.54. The summed E-state index contributed by atoms with van der Waals surface area (Å²) in [4.78, 5) is 11.3. The first-order chi connectivity index (χ1) is 10.2. The van der Waals surface area contributed by atoms with Crippen molar-refractivity contribution in [3.8, 4) is 0 Å². The lowest BCUT2D eigenvalue weighted by molar-refractivity contribution is 0.100. The van der Waals surface area contributed by atoms with Gasteiger partial charge in [-0.25, -0.2) is 0 Å². The van der Waals surface area contributed by atoms with Crippen molar-refractivity contribution in [3.63, 3.8) is 0 Å². The second kappa shape index (κ2) is 7.48. The minimum atomic E-state index is -0.400. The van der Waals surface area contributed by atoms with E-state index in [1.807, 2.05) is 24.3 Å². The highest BCUT2D eigenvalue weighted by Gasteiger charge is 2.11. The summed E-state index contributed by atoms with van der Waals surface area (Å²) in [5, 5.41) is 3.52. The van der Waals surface area contributed by atoms with Crippen LogP contribution in [0.4, 0.5) is 5.69 Å². The molecule has 0 saturated heterocycles. The molecule has 110 valence electrons. The summed E-state index contributed by atoms with van der Waals surface area (Å²) in [7, 11) is 0. The molecule has 0 spiro atoms. The smallest absolute Gasteiger partial charge is 0.248 e. The minimum Gasteiger partial charge on any atom is -0.378 e. The number of primary amides is 1. The number of nitrogens with one attached hydrogen (secondary N) is 1. The van der Waals surface area contributed by atoms with Gasteiger partial charge in [0.15, 0.2) is 0 Å². The van der Waals surface area contributed by atoms with E-state index in [1.165, 1.54) is 5.56 Å². The molecule has 0 aromatic heterocycles. The van der Waals surface area contributed by atoms with E-state index in [4.69, 9.17) is 5.73 Å². The number of carbonyl (C=O) groups excluding carboxylic acids is 1. The second-order valence-corrected chi connectivity index (χ2v) is 5.19. The van der Waals surface area contributed by atoms with Crippen LogP contribution in [-0.4, -0.2) is 5.91 Å². The van der Waals surface area contributed by atoms with Gasteiger partial charge in [0.05, 0.1) is 6.04 Å². The van der Waals surface area contributed by atoms with Crippen LogP contribution in [0.3, 0.4) is 0 Å². The van der Waals surface area contributed by atoms with Crippen LogP contribution in [-0.2, 0) is 0 Å². The Morgan fingerprint density at radius 1 is 1.14 bits per heavy atom. The van der Waals surface area contributed by atoms with Gasteiger partial charge in [0.2, 0.25) is 5.91 Å². The average molecular weight is 282 g/mol. The van der Waals surface area contributed by atoms with Crippen molar-refractivity contribution in [2.75, 3.05) is 5.32 Å². The highest BCUT2D eigenvalue weighted by Crippen LogP contribution is 2.25. The molecule has 0 saturated carbocycles. The molecule has 0 radical (unpaired) electrons. The molecule has 2 aromatic rings. The van der Waals surface area contributed by atoms with E-state index >= 15 is 0 Å². The van der Waals surface area contributed by atoms with Gasteiger partial charge in [-0.05, 0) is 30.2 Å². The van der Waals surface area contributed by atoms with Crippen molar-refractivity contribution in [3.05, 3.63) is 65.7 Å². The monoisotopic (exact) mass is 282 g/mol. The molecule has 3 N–H and O–H groups in total. The number of hydrogen-bond acceptors (Lipinski definition) is 2. The van der Waals surface area contributed by atoms with Crippen LogP contribution in [0.15, 0.2) is 54.6 Å². The molecule has 21 heavy (non-hydrogen) atoms. The molecule has 2 rings (SSSR count). The van der Waals surface area contributed by atoms with E-state index in [0.29, 0.717) is 5.56 Å². The second-order valence-electron chi connectivity index (χ2n) is 5.19. The summed E-state index contributed by atoms with van der Waals surface area (Å²) >= 11 is 0. The third kappa shape index (κ3) is 4.35. The number of benzene rings is 2. The van der Waals surface area contributed by atoms with Gasteiger partial charge in [-0.2, -0.15) is 0 Å². The van der Waals surface area contributed by atoms with E-state index in [2.05, 4.69) is 36.5 Å².